The van der Waals surface area contributed by atoms with Crippen LogP contribution in [0.25, 0.3) is 0 Å². The Bertz CT molecular complexity index is 415. The monoisotopic (exact) mass is 274 g/mol. The number of benzene rings is 1. The van der Waals surface area contributed by atoms with Crippen molar-refractivity contribution in [1.29, 1.82) is 0 Å². The van der Waals surface area contributed by atoms with Crippen molar-refractivity contribution in [2.45, 2.75) is 47.2 Å². The minimum atomic E-state index is 0.746. The Morgan fingerprint density at radius 2 is 1.85 bits per heavy atom. The zero-order valence-electron chi connectivity index (χ0n) is 13.5. The van der Waals surface area contributed by atoms with Gasteiger partial charge in [0.1, 0.15) is 0 Å². The van der Waals surface area contributed by atoms with Crippen molar-refractivity contribution in [3.05, 3.63) is 34.9 Å². The molecule has 20 heavy (non-hydrogen) atoms. The molecule has 0 aromatic heterocycles. The molecule has 0 fully saturated rings. The smallest absolute Gasteiger partial charge is 0.0208 e. The van der Waals surface area contributed by atoms with Gasteiger partial charge in [-0.1, -0.05) is 45.9 Å². The summed E-state index contributed by atoms with van der Waals surface area (Å²) >= 11 is 0. The molecule has 0 saturated heterocycles. The molecule has 1 aliphatic heterocycles. The lowest BCUT2D eigenvalue weighted by molar-refractivity contribution is 0.275. The molecule has 0 unspecified atom stereocenters. The molecular formula is C18H30N2. The quantitative estimate of drug-likeness (QED) is 0.831. The first-order chi connectivity index (χ1) is 9.58. The molecule has 2 N–H and O–H groups in total. The number of hydrogen-bond acceptors (Lipinski definition) is 2. The Hall–Kier alpha value is -0.860. The van der Waals surface area contributed by atoms with Gasteiger partial charge in [-0.15, -0.1) is 0 Å². The van der Waals surface area contributed by atoms with Crippen LogP contribution in [0.3, 0.4) is 0 Å². The minimum Gasteiger partial charge on any atom is -0.312 e. The molecular weight excluding hydrogens is 244 g/mol. The van der Waals surface area contributed by atoms with E-state index in [1.54, 1.807) is 0 Å². The summed E-state index contributed by atoms with van der Waals surface area (Å²) in [5, 5.41) is 7.10. The molecule has 1 aromatic rings. The molecule has 0 aliphatic carbocycles. The summed E-state index contributed by atoms with van der Waals surface area (Å²) in [7, 11) is 0. The lowest BCUT2D eigenvalue weighted by Crippen LogP contribution is -2.29. The molecule has 2 heteroatoms. The summed E-state index contributed by atoms with van der Waals surface area (Å²) in [5.41, 5.74) is 4.42. The van der Waals surface area contributed by atoms with Crippen molar-refractivity contribution in [2.75, 3.05) is 13.1 Å². The van der Waals surface area contributed by atoms with Crippen molar-refractivity contribution in [1.82, 2.24) is 10.6 Å². The van der Waals surface area contributed by atoms with Crippen LogP contribution in [-0.2, 0) is 19.5 Å². The summed E-state index contributed by atoms with van der Waals surface area (Å²) < 4.78 is 0. The van der Waals surface area contributed by atoms with Crippen LogP contribution in [0, 0.1) is 17.8 Å². The molecule has 0 atom stereocenters. The van der Waals surface area contributed by atoms with Gasteiger partial charge in [-0.3, -0.25) is 0 Å². The van der Waals surface area contributed by atoms with Crippen LogP contribution in [0.2, 0.25) is 0 Å². The molecule has 112 valence electrons. The largest absolute Gasteiger partial charge is 0.312 e. The normalized spacial score (nSPS) is 15.2. The molecule has 2 nitrogen and oxygen atoms in total. The third kappa shape index (κ3) is 4.07. The second kappa shape index (κ2) is 7.24. The number of nitrogens with one attached hydrogen (secondary N) is 2. The van der Waals surface area contributed by atoms with E-state index in [4.69, 9.17) is 0 Å². The number of fused-ring (bicyclic) bond motifs is 1. The van der Waals surface area contributed by atoms with Crippen molar-refractivity contribution < 1.29 is 0 Å². The predicted octanol–water partition coefficient (Wildman–Crippen LogP) is 3.35. The van der Waals surface area contributed by atoms with E-state index in [0.29, 0.717) is 0 Å². The van der Waals surface area contributed by atoms with Crippen LogP contribution >= 0.6 is 0 Å². The Labute approximate surface area is 124 Å². The van der Waals surface area contributed by atoms with Crippen molar-refractivity contribution in [3.63, 3.8) is 0 Å². The van der Waals surface area contributed by atoms with Gasteiger partial charge in [0.25, 0.3) is 0 Å². The summed E-state index contributed by atoms with van der Waals surface area (Å²) in [4.78, 5) is 0. The van der Waals surface area contributed by atoms with Gasteiger partial charge in [0.15, 0.2) is 0 Å². The fourth-order valence-electron chi connectivity index (χ4n) is 3.27. The highest BCUT2D eigenvalue weighted by atomic mass is 14.9. The summed E-state index contributed by atoms with van der Waals surface area (Å²) in [6, 6.07) is 6.97. The van der Waals surface area contributed by atoms with E-state index in [0.717, 1.165) is 43.9 Å². The highest BCUT2D eigenvalue weighted by Gasteiger charge is 2.16. The van der Waals surface area contributed by atoms with E-state index in [1.165, 1.54) is 23.1 Å². The van der Waals surface area contributed by atoms with Gasteiger partial charge >= 0.3 is 0 Å². The Kier molecular flexibility index (Phi) is 5.62. The standard InChI is InChI=1S/C18H30N2/c1-13(2)18(14(3)4)12-20-10-15-5-6-16-7-8-19-11-17(16)9-15/h5-6,9,13-14,18-20H,7-8,10-12H2,1-4H3. The van der Waals surface area contributed by atoms with E-state index < -0.39 is 0 Å². The van der Waals surface area contributed by atoms with E-state index in [2.05, 4.69) is 56.5 Å². The third-order valence-electron chi connectivity index (χ3n) is 4.58. The lowest BCUT2D eigenvalue weighted by Gasteiger charge is -2.25. The van der Waals surface area contributed by atoms with E-state index >= 15 is 0 Å². The molecule has 1 aliphatic rings. The van der Waals surface area contributed by atoms with Crippen LogP contribution in [-0.4, -0.2) is 13.1 Å². The number of rotatable bonds is 6. The van der Waals surface area contributed by atoms with Gasteiger partial charge < -0.3 is 10.6 Å². The van der Waals surface area contributed by atoms with E-state index in [9.17, 15) is 0 Å². The summed E-state index contributed by atoms with van der Waals surface area (Å²) in [6.07, 6.45) is 1.17. The summed E-state index contributed by atoms with van der Waals surface area (Å²) in [5.74, 6) is 2.25. The molecule has 0 spiro atoms. The zero-order chi connectivity index (χ0) is 14.5. The number of hydrogen-bond donors (Lipinski definition) is 2. The molecule has 1 aromatic carbocycles. The van der Waals surface area contributed by atoms with Crippen molar-refractivity contribution in [2.24, 2.45) is 17.8 Å². The average molecular weight is 274 g/mol. The van der Waals surface area contributed by atoms with Gasteiger partial charge in [0.2, 0.25) is 0 Å². The van der Waals surface area contributed by atoms with Gasteiger partial charge in [-0.25, -0.2) is 0 Å². The van der Waals surface area contributed by atoms with Crippen LogP contribution in [0.4, 0.5) is 0 Å². The SMILES string of the molecule is CC(C)C(CNCc1ccc2c(c1)CNCC2)C(C)C. The average Bonchev–Trinajstić information content (AvgIpc) is 2.42. The fourth-order valence-corrected chi connectivity index (χ4v) is 3.27. The Morgan fingerprint density at radius 1 is 1.10 bits per heavy atom. The van der Waals surface area contributed by atoms with Crippen LogP contribution in [0.1, 0.15) is 44.4 Å². The van der Waals surface area contributed by atoms with Crippen molar-refractivity contribution >= 4 is 0 Å². The molecule has 0 amide bonds. The molecule has 2 rings (SSSR count). The highest BCUT2D eigenvalue weighted by molar-refractivity contribution is 5.33. The molecule has 1 heterocycles. The highest BCUT2D eigenvalue weighted by Crippen LogP contribution is 2.20. The van der Waals surface area contributed by atoms with E-state index in [-0.39, 0.29) is 0 Å². The topological polar surface area (TPSA) is 24.1 Å². The minimum absolute atomic E-state index is 0.746. The second-order valence-corrected chi connectivity index (χ2v) is 6.81. The van der Waals surface area contributed by atoms with Gasteiger partial charge in [-0.05, 0) is 54.0 Å². The van der Waals surface area contributed by atoms with Gasteiger partial charge in [-0.2, -0.15) is 0 Å². The van der Waals surface area contributed by atoms with Crippen LogP contribution < -0.4 is 10.6 Å². The Morgan fingerprint density at radius 3 is 2.55 bits per heavy atom. The second-order valence-electron chi connectivity index (χ2n) is 6.81. The maximum atomic E-state index is 3.65. The third-order valence-corrected chi connectivity index (χ3v) is 4.58. The maximum absolute atomic E-state index is 3.65. The fraction of sp³-hybridized carbons (Fsp3) is 0.667. The van der Waals surface area contributed by atoms with E-state index in [1.807, 2.05) is 0 Å². The van der Waals surface area contributed by atoms with Crippen LogP contribution in [0.15, 0.2) is 18.2 Å². The van der Waals surface area contributed by atoms with Crippen molar-refractivity contribution in [3.8, 4) is 0 Å². The molecule has 0 saturated carbocycles. The first-order valence-corrected chi connectivity index (χ1v) is 8.10. The predicted molar refractivity (Wildman–Crippen MR) is 86.7 cm³/mol. The first-order valence-electron chi connectivity index (χ1n) is 8.10. The molecule has 0 bridgehead atoms. The first kappa shape index (κ1) is 15.5. The Balaban J connectivity index is 1.88. The zero-order valence-corrected chi connectivity index (χ0v) is 13.5. The van der Waals surface area contributed by atoms with Crippen LogP contribution in [0.5, 0.6) is 0 Å². The summed E-state index contributed by atoms with van der Waals surface area (Å²) in [6.45, 7) is 13.6. The lowest BCUT2D eigenvalue weighted by atomic mass is 9.85. The van der Waals surface area contributed by atoms with Gasteiger partial charge in [0.05, 0.1) is 0 Å². The van der Waals surface area contributed by atoms with Gasteiger partial charge in [0, 0.05) is 13.1 Å². The maximum Gasteiger partial charge on any atom is 0.0208 e. The molecule has 0 radical (unpaired) electrons.